The highest BCUT2D eigenvalue weighted by molar-refractivity contribution is 5.78. The van der Waals surface area contributed by atoms with E-state index >= 15 is 0 Å². The second-order valence-electron chi connectivity index (χ2n) is 4.78. The molecule has 0 aliphatic carbocycles. The first-order valence-electron chi connectivity index (χ1n) is 5.72. The van der Waals surface area contributed by atoms with Gasteiger partial charge in [-0.05, 0) is 38.1 Å². The lowest BCUT2D eigenvalue weighted by Gasteiger charge is -2.33. The number of amides is 1. The second kappa shape index (κ2) is 5.73. The summed E-state index contributed by atoms with van der Waals surface area (Å²) in [7, 11) is 1.64. The van der Waals surface area contributed by atoms with Crippen LogP contribution in [0.4, 0.5) is 5.69 Å². The number of nitrogens with two attached hydrogens (primary N) is 1. The smallest absolute Gasteiger partial charge is 0.260 e. The minimum Gasteiger partial charge on any atom is -0.484 e. The second-order valence-corrected chi connectivity index (χ2v) is 4.78. The average molecular weight is 252 g/mol. The molecule has 0 saturated carbocycles. The van der Waals surface area contributed by atoms with Gasteiger partial charge >= 0.3 is 0 Å². The van der Waals surface area contributed by atoms with Gasteiger partial charge in [-0.1, -0.05) is 0 Å². The lowest BCUT2D eigenvalue weighted by molar-refractivity contribution is -0.138. The van der Waals surface area contributed by atoms with Crippen LogP contribution in [-0.2, 0) is 4.79 Å². The van der Waals surface area contributed by atoms with Crippen molar-refractivity contribution in [2.45, 2.75) is 19.4 Å². The van der Waals surface area contributed by atoms with Crippen LogP contribution >= 0.6 is 0 Å². The van der Waals surface area contributed by atoms with Gasteiger partial charge in [0, 0.05) is 12.7 Å². The summed E-state index contributed by atoms with van der Waals surface area (Å²) in [6, 6.07) is 6.84. The first-order valence-corrected chi connectivity index (χ1v) is 5.72. The fourth-order valence-electron chi connectivity index (χ4n) is 1.25. The Kier molecular flexibility index (Phi) is 4.55. The van der Waals surface area contributed by atoms with Crippen molar-refractivity contribution in [1.82, 2.24) is 4.90 Å². The quantitative estimate of drug-likeness (QED) is 0.763. The first kappa shape index (κ1) is 14.3. The van der Waals surface area contributed by atoms with Crippen molar-refractivity contribution in [3.05, 3.63) is 24.3 Å². The van der Waals surface area contributed by atoms with E-state index in [1.54, 1.807) is 45.2 Å². The molecule has 100 valence electrons. The summed E-state index contributed by atoms with van der Waals surface area (Å²) in [5.41, 5.74) is 5.60. The van der Waals surface area contributed by atoms with Crippen LogP contribution in [0.3, 0.4) is 0 Å². The molecule has 0 saturated heterocycles. The topological polar surface area (TPSA) is 75.8 Å². The highest BCUT2D eigenvalue weighted by Crippen LogP contribution is 2.15. The van der Waals surface area contributed by atoms with Gasteiger partial charge in [0.15, 0.2) is 6.61 Å². The zero-order chi connectivity index (χ0) is 13.8. The molecule has 1 aromatic carbocycles. The zero-order valence-electron chi connectivity index (χ0n) is 11.0. The number of carbonyl (C=O) groups is 1. The molecule has 0 aromatic heterocycles. The van der Waals surface area contributed by atoms with Crippen LogP contribution in [0.1, 0.15) is 13.8 Å². The van der Waals surface area contributed by atoms with Gasteiger partial charge in [-0.3, -0.25) is 4.79 Å². The van der Waals surface area contributed by atoms with Crippen molar-refractivity contribution in [1.29, 1.82) is 0 Å². The van der Waals surface area contributed by atoms with Gasteiger partial charge in [0.1, 0.15) is 5.75 Å². The third-order valence-electron chi connectivity index (χ3n) is 2.91. The van der Waals surface area contributed by atoms with Crippen molar-refractivity contribution in [2.75, 3.05) is 26.0 Å². The number of hydrogen-bond acceptors (Lipinski definition) is 4. The van der Waals surface area contributed by atoms with Crippen molar-refractivity contribution in [2.24, 2.45) is 0 Å². The Labute approximate surface area is 107 Å². The molecule has 0 aliphatic heterocycles. The Hall–Kier alpha value is -1.75. The standard InChI is InChI=1S/C13H20N2O3/c1-13(2,9-16)15(3)12(17)8-18-11-6-4-10(14)5-7-11/h4-7,16H,8-9,14H2,1-3H3. The number of aliphatic hydroxyl groups is 1. The third kappa shape index (κ3) is 3.63. The molecule has 1 aromatic rings. The summed E-state index contributed by atoms with van der Waals surface area (Å²) in [6.45, 7) is 3.41. The number of nitrogen functional groups attached to an aromatic ring is 1. The van der Waals surface area contributed by atoms with Crippen LogP contribution in [0, 0.1) is 0 Å². The average Bonchev–Trinajstić information content (AvgIpc) is 2.36. The van der Waals surface area contributed by atoms with Crippen LogP contribution in [0.5, 0.6) is 5.75 Å². The molecule has 3 N–H and O–H groups in total. The molecule has 0 fully saturated rings. The lowest BCUT2D eigenvalue weighted by atomic mass is 10.1. The lowest BCUT2D eigenvalue weighted by Crippen LogP contribution is -2.49. The fraction of sp³-hybridized carbons (Fsp3) is 0.462. The molecular weight excluding hydrogens is 232 g/mol. The molecule has 1 amide bonds. The summed E-state index contributed by atoms with van der Waals surface area (Å²) in [4.78, 5) is 13.3. The molecule has 0 aliphatic rings. The maximum Gasteiger partial charge on any atom is 0.260 e. The summed E-state index contributed by atoms with van der Waals surface area (Å²) in [5, 5.41) is 9.18. The maximum absolute atomic E-state index is 11.9. The van der Waals surface area contributed by atoms with Gasteiger partial charge in [-0.25, -0.2) is 0 Å². The van der Waals surface area contributed by atoms with E-state index in [-0.39, 0.29) is 19.1 Å². The van der Waals surface area contributed by atoms with Crippen LogP contribution in [0.15, 0.2) is 24.3 Å². The number of likely N-dealkylation sites (N-methyl/N-ethyl adjacent to an activating group) is 1. The predicted octanol–water partition coefficient (Wildman–Crippen LogP) is 0.877. The number of hydrogen-bond donors (Lipinski definition) is 2. The predicted molar refractivity (Wildman–Crippen MR) is 70.3 cm³/mol. The van der Waals surface area contributed by atoms with Crippen molar-refractivity contribution in [3.8, 4) is 5.75 Å². The van der Waals surface area contributed by atoms with E-state index in [0.717, 1.165) is 0 Å². The van der Waals surface area contributed by atoms with Gasteiger partial charge < -0.3 is 20.5 Å². The monoisotopic (exact) mass is 252 g/mol. The van der Waals surface area contributed by atoms with Crippen molar-refractivity contribution < 1.29 is 14.6 Å². The van der Waals surface area contributed by atoms with Gasteiger partial charge in [-0.2, -0.15) is 0 Å². The fourth-order valence-corrected chi connectivity index (χ4v) is 1.25. The first-order chi connectivity index (χ1) is 8.36. The molecule has 18 heavy (non-hydrogen) atoms. The van der Waals surface area contributed by atoms with Gasteiger partial charge in [0.05, 0.1) is 12.1 Å². The minimum atomic E-state index is -0.596. The van der Waals surface area contributed by atoms with Crippen LogP contribution < -0.4 is 10.5 Å². The van der Waals surface area contributed by atoms with Gasteiger partial charge in [0.2, 0.25) is 0 Å². The van der Waals surface area contributed by atoms with Gasteiger partial charge in [0.25, 0.3) is 5.91 Å². The van der Waals surface area contributed by atoms with Crippen LogP contribution in [-0.4, -0.2) is 41.7 Å². The summed E-state index contributed by atoms with van der Waals surface area (Å²) in [5.74, 6) is 0.402. The molecule has 0 heterocycles. The van der Waals surface area contributed by atoms with Crippen LogP contribution in [0.2, 0.25) is 0 Å². The number of benzene rings is 1. The molecule has 5 heteroatoms. The number of aliphatic hydroxyl groups excluding tert-OH is 1. The Morgan fingerprint density at radius 2 is 1.94 bits per heavy atom. The number of rotatable bonds is 5. The van der Waals surface area contributed by atoms with E-state index in [0.29, 0.717) is 11.4 Å². The van der Waals surface area contributed by atoms with E-state index in [1.807, 2.05) is 0 Å². The van der Waals surface area contributed by atoms with Crippen molar-refractivity contribution in [3.63, 3.8) is 0 Å². The summed E-state index contributed by atoms with van der Waals surface area (Å²) < 4.78 is 5.36. The highest BCUT2D eigenvalue weighted by atomic mass is 16.5. The number of anilines is 1. The Morgan fingerprint density at radius 1 is 1.39 bits per heavy atom. The van der Waals surface area contributed by atoms with Crippen molar-refractivity contribution >= 4 is 11.6 Å². The van der Waals surface area contributed by atoms with E-state index in [2.05, 4.69) is 0 Å². The normalized spacial score (nSPS) is 11.1. The Bertz CT molecular complexity index is 401. The SMILES string of the molecule is CN(C(=O)COc1ccc(N)cc1)C(C)(C)CO. The van der Waals surface area contributed by atoms with E-state index in [9.17, 15) is 9.90 Å². The highest BCUT2D eigenvalue weighted by Gasteiger charge is 2.26. The maximum atomic E-state index is 11.9. The molecule has 0 radical (unpaired) electrons. The molecule has 0 spiro atoms. The number of ether oxygens (including phenoxy) is 1. The van der Waals surface area contributed by atoms with Gasteiger partial charge in [-0.15, -0.1) is 0 Å². The third-order valence-corrected chi connectivity index (χ3v) is 2.91. The largest absolute Gasteiger partial charge is 0.484 e. The van der Waals surface area contributed by atoms with E-state index in [4.69, 9.17) is 10.5 Å². The summed E-state index contributed by atoms with van der Waals surface area (Å²) in [6.07, 6.45) is 0. The van der Waals surface area contributed by atoms with E-state index < -0.39 is 5.54 Å². The van der Waals surface area contributed by atoms with Crippen LogP contribution in [0.25, 0.3) is 0 Å². The summed E-state index contributed by atoms with van der Waals surface area (Å²) >= 11 is 0. The Morgan fingerprint density at radius 3 is 2.44 bits per heavy atom. The molecule has 0 bridgehead atoms. The molecule has 0 unspecified atom stereocenters. The minimum absolute atomic E-state index is 0.0656. The molecule has 1 rings (SSSR count). The number of nitrogens with zero attached hydrogens (tertiary/aromatic N) is 1. The Balaban J connectivity index is 2.53. The molecule has 0 atom stereocenters. The zero-order valence-corrected chi connectivity index (χ0v) is 11.0. The van der Waals surface area contributed by atoms with E-state index in [1.165, 1.54) is 4.90 Å². The number of carbonyl (C=O) groups excluding carboxylic acids is 1. The molecule has 5 nitrogen and oxygen atoms in total. The molecular formula is C13H20N2O3.